The van der Waals surface area contributed by atoms with Gasteiger partial charge in [-0.1, -0.05) is 12.1 Å². The Kier molecular flexibility index (Phi) is 13.6. The minimum absolute atomic E-state index is 0.0000108. The van der Waals surface area contributed by atoms with Crippen molar-refractivity contribution < 1.29 is 98.5 Å². The molecule has 3 aliphatic heterocycles. The van der Waals surface area contributed by atoms with Crippen LogP contribution in [0.2, 0.25) is 0 Å². The molecule has 11 N–H and O–H groups in total. The van der Waals surface area contributed by atoms with Crippen molar-refractivity contribution in [3.63, 3.8) is 0 Å². The maximum absolute atomic E-state index is 13.9. The highest BCUT2D eigenvalue weighted by Crippen LogP contribution is 2.38. The Morgan fingerprint density at radius 3 is 1.97 bits per heavy atom. The molecule has 0 spiro atoms. The first-order chi connectivity index (χ1) is 29.9. The van der Waals surface area contributed by atoms with E-state index in [0.29, 0.717) is 5.56 Å². The number of phenolic OH excluding ortho intramolecular Hbond substituents is 4. The minimum atomic E-state index is -2.03. The van der Waals surface area contributed by atoms with E-state index < -0.39 is 133 Å². The highest BCUT2D eigenvalue weighted by atomic mass is 16.8. The summed E-state index contributed by atoms with van der Waals surface area (Å²) in [4.78, 5) is 26.9. The van der Waals surface area contributed by atoms with E-state index in [1.54, 1.807) is 0 Å². The van der Waals surface area contributed by atoms with E-state index in [1.165, 1.54) is 68.5 Å². The molecule has 4 heterocycles. The molecule has 3 aliphatic rings. The van der Waals surface area contributed by atoms with E-state index in [4.69, 9.17) is 37.6 Å². The van der Waals surface area contributed by atoms with Gasteiger partial charge in [0, 0.05) is 23.8 Å². The molecule has 340 valence electrons. The maximum atomic E-state index is 13.9. The fourth-order valence-corrected chi connectivity index (χ4v) is 7.28. The van der Waals surface area contributed by atoms with Gasteiger partial charge in [-0.2, -0.15) is 0 Å². The molecule has 0 unspecified atom stereocenters. The third kappa shape index (κ3) is 9.60. The Hall–Kier alpha value is -5.40. The fraction of sp³-hybridized carbons (Fsp3) is 0.429. The molecule has 0 bridgehead atoms. The molecule has 0 saturated carbocycles. The number of ether oxygens (including phenoxy) is 7. The van der Waals surface area contributed by atoms with Gasteiger partial charge in [-0.15, -0.1) is 0 Å². The van der Waals surface area contributed by atoms with Gasteiger partial charge in [0.25, 0.3) is 0 Å². The zero-order valence-electron chi connectivity index (χ0n) is 33.3. The van der Waals surface area contributed by atoms with Crippen molar-refractivity contribution in [3.8, 4) is 40.1 Å². The Labute approximate surface area is 356 Å². The Balaban J connectivity index is 1.12. The van der Waals surface area contributed by atoms with E-state index in [0.717, 1.165) is 18.2 Å². The highest BCUT2D eigenvalue weighted by Gasteiger charge is 2.52. The summed E-state index contributed by atoms with van der Waals surface area (Å²) in [5.74, 6) is -3.17. The number of rotatable bonds is 11. The van der Waals surface area contributed by atoms with Gasteiger partial charge in [0.2, 0.25) is 17.5 Å². The molecule has 15 atom stereocenters. The first-order valence-electron chi connectivity index (χ1n) is 19.6. The summed E-state index contributed by atoms with van der Waals surface area (Å²) in [5.41, 5.74) is -0.601. The number of aromatic hydroxyl groups is 4. The summed E-state index contributed by atoms with van der Waals surface area (Å²) in [6, 6.07) is 13.0. The largest absolute Gasteiger partial charge is 0.508 e. The lowest BCUT2D eigenvalue weighted by molar-refractivity contribution is -0.359. The van der Waals surface area contributed by atoms with Gasteiger partial charge in [0.05, 0.1) is 18.8 Å². The summed E-state index contributed by atoms with van der Waals surface area (Å²) < 4.78 is 46.4. The molecule has 0 radical (unpaired) electrons. The lowest BCUT2D eigenvalue weighted by atomic mass is 9.97. The number of carbonyl (C=O) groups excluding carboxylic acids is 1. The van der Waals surface area contributed by atoms with Crippen molar-refractivity contribution in [1.29, 1.82) is 0 Å². The molecule has 21 heteroatoms. The van der Waals surface area contributed by atoms with E-state index in [9.17, 15) is 65.8 Å². The van der Waals surface area contributed by atoms with Crippen LogP contribution in [0.5, 0.6) is 28.7 Å². The molecule has 63 heavy (non-hydrogen) atoms. The highest BCUT2D eigenvalue weighted by molar-refractivity contribution is 5.88. The zero-order chi connectivity index (χ0) is 45.4. The minimum Gasteiger partial charge on any atom is -0.508 e. The van der Waals surface area contributed by atoms with Gasteiger partial charge in [-0.05, 0) is 61.9 Å². The third-order valence-corrected chi connectivity index (χ3v) is 10.8. The van der Waals surface area contributed by atoms with Crippen LogP contribution in [0.25, 0.3) is 28.4 Å². The number of aliphatic hydroxyl groups is 7. The number of carbonyl (C=O) groups is 1. The van der Waals surface area contributed by atoms with Gasteiger partial charge in [-0.3, -0.25) is 4.79 Å². The smallest absolute Gasteiger partial charge is 0.331 e. The van der Waals surface area contributed by atoms with Gasteiger partial charge >= 0.3 is 5.97 Å². The van der Waals surface area contributed by atoms with Crippen molar-refractivity contribution in [2.24, 2.45) is 0 Å². The van der Waals surface area contributed by atoms with Crippen molar-refractivity contribution in [2.45, 2.75) is 106 Å². The van der Waals surface area contributed by atoms with Crippen LogP contribution < -0.4 is 10.2 Å². The average Bonchev–Trinajstić information content (AvgIpc) is 3.24. The second kappa shape index (κ2) is 18.8. The van der Waals surface area contributed by atoms with Gasteiger partial charge in [-0.25, -0.2) is 4.79 Å². The van der Waals surface area contributed by atoms with Crippen molar-refractivity contribution in [3.05, 3.63) is 82.5 Å². The van der Waals surface area contributed by atoms with Crippen LogP contribution in [-0.2, 0) is 33.2 Å². The lowest BCUT2D eigenvalue weighted by Gasteiger charge is -2.46. The molecule has 3 aromatic carbocycles. The second-order valence-corrected chi connectivity index (χ2v) is 15.2. The molecular formula is C42H46O21. The molecule has 3 fully saturated rings. The molecule has 3 saturated heterocycles. The molecule has 4 aromatic rings. The predicted octanol–water partition coefficient (Wildman–Crippen LogP) is -0.571. The number of benzene rings is 3. The predicted molar refractivity (Wildman–Crippen MR) is 211 cm³/mol. The summed E-state index contributed by atoms with van der Waals surface area (Å²) in [6.07, 6.45) is -22.7. The van der Waals surface area contributed by atoms with Crippen LogP contribution >= 0.6 is 0 Å². The third-order valence-electron chi connectivity index (χ3n) is 10.8. The number of esters is 1. The number of phenols is 4. The molecular weight excluding hydrogens is 840 g/mol. The van der Waals surface area contributed by atoms with Crippen LogP contribution in [0.3, 0.4) is 0 Å². The van der Waals surface area contributed by atoms with Crippen LogP contribution in [0.4, 0.5) is 0 Å². The molecule has 21 nitrogen and oxygen atoms in total. The summed E-state index contributed by atoms with van der Waals surface area (Å²) in [6.45, 7) is 2.09. The van der Waals surface area contributed by atoms with Gasteiger partial charge < -0.3 is 93.7 Å². The number of hydrogen-bond acceptors (Lipinski definition) is 21. The lowest BCUT2D eigenvalue weighted by Crippen LogP contribution is -2.64. The van der Waals surface area contributed by atoms with E-state index in [1.807, 2.05) is 0 Å². The van der Waals surface area contributed by atoms with Crippen molar-refractivity contribution >= 4 is 23.0 Å². The normalized spacial score (nSPS) is 33.6. The average molecular weight is 887 g/mol. The summed E-state index contributed by atoms with van der Waals surface area (Å²) >= 11 is 0. The van der Waals surface area contributed by atoms with Crippen LogP contribution in [-0.4, -0.2) is 161 Å². The first kappa shape index (κ1) is 45.6. The second-order valence-electron chi connectivity index (χ2n) is 15.2. The maximum Gasteiger partial charge on any atom is 0.331 e. The van der Waals surface area contributed by atoms with E-state index in [2.05, 4.69) is 0 Å². The van der Waals surface area contributed by atoms with Crippen LogP contribution in [0.15, 0.2) is 76.0 Å². The Morgan fingerprint density at radius 2 is 1.29 bits per heavy atom. The quantitative estimate of drug-likeness (QED) is 0.0663. The fourth-order valence-electron chi connectivity index (χ4n) is 7.28. The Morgan fingerprint density at radius 1 is 0.667 bits per heavy atom. The molecule has 0 amide bonds. The number of fused-ring (bicyclic) bond motifs is 1. The molecule has 0 aliphatic carbocycles. The van der Waals surface area contributed by atoms with Crippen LogP contribution in [0, 0.1) is 0 Å². The number of hydrogen-bond donors (Lipinski definition) is 11. The first-order valence-corrected chi connectivity index (χ1v) is 19.6. The molecule has 1 aromatic heterocycles. The van der Waals surface area contributed by atoms with Gasteiger partial charge in [0.15, 0.2) is 24.4 Å². The summed E-state index contributed by atoms with van der Waals surface area (Å²) in [5, 5.41) is 116. The van der Waals surface area contributed by atoms with E-state index in [-0.39, 0.29) is 28.4 Å². The van der Waals surface area contributed by atoms with Crippen molar-refractivity contribution in [2.75, 3.05) is 6.61 Å². The van der Waals surface area contributed by atoms with Crippen LogP contribution in [0.1, 0.15) is 19.4 Å². The summed E-state index contributed by atoms with van der Waals surface area (Å²) in [7, 11) is 0. The van der Waals surface area contributed by atoms with Gasteiger partial charge in [0.1, 0.15) is 88.9 Å². The zero-order valence-corrected chi connectivity index (χ0v) is 33.3. The number of aliphatic hydroxyl groups excluding tert-OH is 7. The monoisotopic (exact) mass is 886 g/mol. The molecule has 7 rings (SSSR count). The van der Waals surface area contributed by atoms with Crippen molar-refractivity contribution in [1.82, 2.24) is 0 Å². The topological polar surface area (TPSA) is 334 Å². The standard InChI is InChI=1S/C42H46O21/c1-16-28(48)31(51)33(53)41(57-16)63-39-35(55)40(58-17(2)36(39)61-26(47)12-5-18-3-8-20(43)9-4-18)56-15-25-29(49)32(52)34(54)42(60-25)62-38-30(50)27-23(46)13-22(45)14-24(27)59-37(38)19-6-10-21(44)11-7-19/h3-14,16-17,25,28-29,31-36,39-46,48-49,51-55H,15H2,1-2H3/t16-,17-,25+,28-,29+,31+,32-,33+,34+,35+,36-,39-,40+,41-,42-/m0/s1. The van der Waals surface area contributed by atoms with E-state index >= 15 is 0 Å². The Bertz CT molecular complexity index is 2320. The SMILES string of the molecule is C[C@@H]1O[C@@H](O[C@H]2[C@@H](O)[C@H](OC[C@H]3O[C@@H](Oc4c(-c5ccc(O)cc5)oc5cc(O)cc(O)c5c4=O)[C@H](O)[C@@H](O)[C@@H]3O)O[C@@H](C)[C@@H]2OC(=O)C=Cc2ccc(O)cc2)[C@H](O)[C@H](O)[C@H]1O.